The molecule has 1 heterocycles. The normalized spacial score (nSPS) is 14.5. The number of nitrogens with one attached hydrogen (secondary N) is 1. The molecule has 5 heteroatoms. The molecule has 1 amide bonds. The molecule has 0 saturated heterocycles. The van der Waals surface area contributed by atoms with Gasteiger partial charge in [-0.1, -0.05) is 20.8 Å². The zero-order chi connectivity index (χ0) is 14.0. The minimum atomic E-state index is -0.0173. The van der Waals surface area contributed by atoms with Gasteiger partial charge < -0.3 is 5.32 Å². The Hall–Kier alpha value is -1.78. The minimum absolute atomic E-state index is 0.00132. The average Bonchev–Trinajstić information content (AvgIpc) is 3.22. The van der Waals surface area contributed by atoms with E-state index in [1.807, 2.05) is 13.8 Å². The molecule has 0 aromatic carbocycles. The van der Waals surface area contributed by atoms with Crippen LogP contribution in [0.25, 0.3) is 0 Å². The van der Waals surface area contributed by atoms with Crippen molar-refractivity contribution in [3.8, 4) is 0 Å². The first-order valence-corrected chi connectivity index (χ1v) is 6.74. The fourth-order valence-electron chi connectivity index (χ4n) is 1.87. The number of anilines is 1. The van der Waals surface area contributed by atoms with Crippen LogP contribution in [0.3, 0.4) is 0 Å². The summed E-state index contributed by atoms with van der Waals surface area (Å²) in [4.78, 5) is 23.5. The summed E-state index contributed by atoms with van der Waals surface area (Å²) >= 11 is 0. The Kier molecular flexibility index (Phi) is 3.93. The molecule has 1 aromatic rings. The molecule has 1 aliphatic carbocycles. The molecule has 0 atom stereocenters. The summed E-state index contributed by atoms with van der Waals surface area (Å²) in [5.74, 6) is 0.710. The molecular weight excluding hydrogens is 242 g/mol. The number of hydrogen-bond acceptors (Lipinski definition) is 4. The fourth-order valence-corrected chi connectivity index (χ4v) is 1.87. The van der Waals surface area contributed by atoms with Gasteiger partial charge in [0.1, 0.15) is 5.69 Å². The van der Waals surface area contributed by atoms with Gasteiger partial charge in [-0.05, 0) is 30.4 Å². The van der Waals surface area contributed by atoms with E-state index in [1.165, 1.54) is 0 Å². The number of Topliss-reactive ketones (excluding diaryl/α,β-unsaturated/α-hetero) is 1. The molecule has 1 fully saturated rings. The van der Waals surface area contributed by atoms with Crippen molar-refractivity contribution < 1.29 is 9.59 Å². The van der Waals surface area contributed by atoms with Gasteiger partial charge in [0, 0.05) is 12.3 Å². The molecule has 2 rings (SSSR count). The molecule has 5 nitrogen and oxygen atoms in total. The summed E-state index contributed by atoms with van der Waals surface area (Å²) < 4.78 is 0. The first kappa shape index (κ1) is 13.6. The second-order valence-electron chi connectivity index (χ2n) is 5.23. The quantitative estimate of drug-likeness (QED) is 0.827. The van der Waals surface area contributed by atoms with Crippen molar-refractivity contribution in [2.45, 2.75) is 46.0 Å². The van der Waals surface area contributed by atoms with Crippen LogP contribution < -0.4 is 5.32 Å². The summed E-state index contributed by atoms with van der Waals surface area (Å²) in [7, 11) is 0. The Morgan fingerprint density at radius 2 is 2.05 bits per heavy atom. The maximum Gasteiger partial charge on any atom is 0.228 e. The summed E-state index contributed by atoms with van der Waals surface area (Å²) in [6, 6.07) is 1.76. The van der Waals surface area contributed by atoms with Crippen LogP contribution in [0.1, 0.15) is 62.0 Å². The van der Waals surface area contributed by atoms with E-state index in [1.54, 1.807) is 13.0 Å². The van der Waals surface area contributed by atoms with E-state index >= 15 is 0 Å². The van der Waals surface area contributed by atoms with E-state index in [9.17, 15) is 9.59 Å². The van der Waals surface area contributed by atoms with Crippen molar-refractivity contribution >= 4 is 17.5 Å². The molecule has 1 aromatic heterocycles. The standard InChI is InChI=1S/C14H19N3O2/c1-4-11(18)13-10(8(2)3)7-12(16-17-13)15-14(19)9-5-6-9/h7-9H,4-6H2,1-3H3,(H,15,16,19). The molecule has 0 radical (unpaired) electrons. The summed E-state index contributed by atoms with van der Waals surface area (Å²) in [5.41, 5.74) is 1.26. The first-order valence-electron chi connectivity index (χ1n) is 6.74. The van der Waals surface area contributed by atoms with Gasteiger partial charge in [-0.15, -0.1) is 10.2 Å². The van der Waals surface area contributed by atoms with Crippen LogP contribution in [-0.4, -0.2) is 21.9 Å². The van der Waals surface area contributed by atoms with Gasteiger partial charge in [-0.25, -0.2) is 0 Å². The highest BCUT2D eigenvalue weighted by Crippen LogP contribution is 2.30. The smallest absolute Gasteiger partial charge is 0.228 e. The van der Waals surface area contributed by atoms with Gasteiger partial charge in [-0.3, -0.25) is 9.59 Å². The predicted octanol–water partition coefficient (Wildman–Crippen LogP) is 2.54. The van der Waals surface area contributed by atoms with Crippen molar-refractivity contribution in [3.63, 3.8) is 0 Å². The lowest BCUT2D eigenvalue weighted by Gasteiger charge is -2.11. The number of hydrogen-bond donors (Lipinski definition) is 1. The lowest BCUT2D eigenvalue weighted by atomic mass is 9.99. The van der Waals surface area contributed by atoms with E-state index in [-0.39, 0.29) is 23.5 Å². The lowest BCUT2D eigenvalue weighted by molar-refractivity contribution is -0.117. The van der Waals surface area contributed by atoms with Crippen LogP contribution in [0.4, 0.5) is 5.82 Å². The Bertz CT molecular complexity index is 507. The largest absolute Gasteiger partial charge is 0.309 e. The monoisotopic (exact) mass is 261 g/mol. The summed E-state index contributed by atoms with van der Waals surface area (Å²) in [5, 5.41) is 10.7. The number of rotatable bonds is 5. The van der Waals surface area contributed by atoms with Gasteiger partial charge >= 0.3 is 0 Å². The molecule has 102 valence electrons. The highest BCUT2D eigenvalue weighted by molar-refractivity contribution is 5.96. The van der Waals surface area contributed by atoms with E-state index in [2.05, 4.69) is 15.5 Å². The maximum atomic E-state index is 11.8. The van der Waals surface area contributed by atoms with Crippen LogP contribution in [0.2, 0.25) is 0 Å². The van der Waals surface area contributed by atoms with E-state index in [0.717, 1.165) is 18.4 Å². The molecule has 1 saturated carbocycles. The molecule has 1 N–H and O–H groups in total. The van der Waals surface area contributed by atoms with E-state index in [0.29, 0.717) is 17.9 Å². The number of nitrogens with zero attached hydrogens (tertiary/aromatic N) is 2. The topological polar surface area (TPSA) is 72.0 Å². The van der Waals surface area contributed by atoms with Crippen LogP contribution in [-0.2, 0) is 4.79 Å². The Balaban J connectivity index is 2.24. The third kappa shape index (κ3) is 3.16. The highest BCUT2D eigenvalue weighted by atomic mass is 16.2. The van der Waals surface area contributed by atoms with Crippen molar-refractivity contribution in [1.82, 2.24) is 10.2 Å². The van der Waals surface area contributed by atoms with Crippen molar-refractivity contribution in [1.29, 1.82) is 0 Å². The van der Waals surface area contributed by atoms with Crippen molar-refractivity contribution in [2.24, 2.45) is 5.92 Å². The van der Waals surface area contributed by atoms with E-state index in [4.69, 9.17) is 0 Å². The Labute approximate surface area is 112 Å². The zero-order valence-corrected chi connectivity index (χ0v) is 11.6. The number of aromatic nitrogens is 2. The average molecular weight is 261 g/mol. The minimum Gasteiger partial charge on any atom is -0.309 e. The molecule has 19 heavy (non-hydrogen) atoms. The second-order valence-corrected chi connectivity index (χ2v) is 5.23. The third-order valence-electron chi connectivity index (χ3n) is 3.23. The van der Waals surface area contributed by atoms with Gasteiger partial charge in [0.25, 0.3) is 0 Å². The Morgan fingerprint density at radius 3 is 2.58 bits per heavy atom. The van der Waals surface area contributed by atoms with Crippen molar-refractivity contribution in [3.05, 3.63) is 17.3 Å². The lowest BCUT2D eigenvalue weighted by Crippen LogP contribution is -2.17. The third-order valence-corrected chi connectivity index (χ3v) is 3.23. The van der Waals surface area contributed by atoms with Crippen LogP contribution >= 0.6 is 0 Å². The number of carbonyl (C=O) groups is 2. The summed E-state index contributed by atoms with van der Waals surface area (Å²) in [6.45, 7) is 5.79. The second kappa shape index (κ2) is 5.47. The molecule has 0 spiro atoms. The van der Waals surface area contributed by atoms with Gasteiger partial charge in [0.15, 0.2) is 11.6 Å². The molecule has 1 aliphatic rings. The first-order chi connectivity index (χ1) is 9.02. The van der Waals surface area contributed by atoms with E-state index < -0.39 is 0 Å². The van der Waals surface area contributed by atoms with Crippen LogP contribution in [0.15, 0.2) is 6.07 Å². The number of ketones is 1. The molecule has 0 unspecified atom stereocenters. The maximum absolute atomic E-state index is 11.8. The van der Waals surface area contributed by atoms with Crippen LogP contribution in [0, 0.1) is 5.92 Å². The van der Waals surface area contributed by atoms with Gasteiger partial charge in [0.05, 0.1) is 0 Å². The molecular formula is C14H19N3O2. The van der Waals surface area contributed by atoms with Crippen molar-refractivity contribution in [2.75, 3.05) is 5.32 Å². The molecule has 0 bridgehead atoms. The Morgan fingerprint density at radius 1 is 1.37 bits per heavy atom. The molecule has 0 aliphatic heterocycles. The number of carbonyl (C=O) groups excluding carboxylic acids is 2. The van der Waals surface area contributed by atoms with Gasteiger partial charge in [0.2, 0.25) is 5.91 Å². The van der Waals surface area contributed by atoms with Gasteiger partial charge in [-0.2, -0.15) is 0 Å². The predicted molar refractivity (Wildman–Crippen MR) is 72.1 cm³/mol. The SMILES string of the molecule is CCC(=O)c1nnc(NC(=O)C2CC2)cc1C(C)C. The summed E-state index contributed by atoms with van der Waals surface area (Å²) in [6.07, 6.45) is 2.30. The number of amides is 1. The van der Waals surface area contributed by atoms with Crippen LogP contribution in [0.5, 0.6) is 0 Å². The highest BCUT2D eigenvalue weighted by Gasteiger charge is 2.30. The zero-order valence-electron chi connectivity index (χ0n) is 11.6. The fraction of sp³-hybridized carbons (Fsp3) is 0.571.